The molecule has 0 saturated carbocycles. The summed E-state index contributed by atoms with van der Waals surface area (Å²) >= 11 is 0. The molecule has 2 amide bonds. The summed E-state index contributed by atoms with van der Waals surface area (Å²) in [5.74, 6) is -1.61. The predicted molar refractivity (Wildman–Crippen MR) is 101 cm³/mol. The molecular weight excluding hydrogens is 364 g/mol. The van der Waals surface area contributed by atoms with Crippen LogP contribution < -0.4 is 15.2 Å². The highest BCUT2D eigenvalue weighted by molar-refractivity contribution is 6.31. The lowest BCUT2D eigenvalue weighted by Crippen LogP contribution is -2.35. The molecule has 3 rings (SSSR count). The number of amides is 2. The number of ether oxygens (including phenoxy) is 2. The van der Waals surface area contributed by atoms with Crippen LogP contribution in [0.25, 0.3) is 6.08 Å². The zero-order chi connectivity index (χ0) is 20.3. The maximum Gasteiger partial charge on any atom is 0.338 e. The number of benzene rings is 2. The van der Waals surface area contributed by atoms with Crippen LogP contribution in [0.5, 0.6) is 11.5 Å². The Bertz CT molecular complexity index is 965. The topological polar surface area (TPSA) is 105 Å². The van der Waals surface area contributed by atoms with E-state index in [1.54, 1.807) is 25.1 Å². The molecule has 0 atom stereocenters. The molecule has 144 valence electrons. The lowest BCUT2D eigenvalue weighted by Gasteiger charge is -2.14. The number of hydrogen-bond donors (Lipinski definition) is 2. The Morgan fingerprint density at radius 2 is 1.89 bits per heavy atom. The number of methoxy groups -OCH3 is 1. The molecule has 8 nitrogen and oxygen atoms in total. The van der Waals surface area contributed by atoms with Crippen LogP contribution in [0.4, 0.5) is 5.69 Å². The van der Waals surface area contributed by atoms with Crippen molar-refractivity contribution in [3.63, 3.8) is 0 Å². The van der Waals surface area contributed by atoms with Gasteiger partial charge in [0.05, 0.1) is 25.0 Å². The molecule has 2 aromatic rings. The molecule has 1 fully saturated rings. The first-order chi connectivity index (χ1) is 13.5. The SMILES string of the molecule is CCOC(=O)c1ccc(N2NC(=O)/C(=C/c3cccc(OC)c3O)C2=O)cc1. The third-order valence-electron chi connectivity index (χ3n) is 4.08. The molecule has 0 bridgehead atoms. The zero-order valence-electron chi connectivity index (χ0n) is 15.3. The van der Waals surface area contributed by atoms with Crippen LogP contribution in [0, 0.1) is 0 Å². The van der Waals surface area contributed by atoms with Gasteiger partial charge in [-0.3, -0.25) is 15.0 Å². The van der Waals surface area contributed by atoms with E-state index in [1.807, 2.05) is 0 Å². The van der Waals surface area contributed by atoms with Crippen molar-refractivity contribution in [3.8, 4) is 11.5 Å². The second kappa shape index (κ2) is 7.83. The van der Waals surface area contributed by atoms with Gasteiger partial charge in [0.25, 0.3) is 11.8 Å². The van der Waals surface area contributed by atoms with Crippen molar-refractivity contribution in [3.05, 3.63) is 59.2 Å². The van der Waals surface area contributed by atoms with Crippen LogP contribution in [-0.2, 0) is 14.3 Å². The highest BCUT2D eigenvalue weighted by Crippen LogP contribution is 2.32. The van der Waals surface area contributed by atoms with Gasteiger partial charge in [-0.05, 0) is 43.3 Å². The number of para-hydroxylation sites is 1. The summed E-state index contributed by atoms with van der Waals surface area (Å²) in [6, 6.07) is 10.8. The first-order valence-corrected chi connectivity index (χ1v) is 8.46. The Hall–Kier alpha value is -3.81. The standard InChI is InChI=1S/C20H18N2O6/c1-3-28-20(26)12-7-9-14(10-8-12)22-19(25)15(18(24)21-22)11-13-5-4-6-16(27-2)17(13)23/h4-11,23H,3H2,1-2H3,(H,21,24)/b15-11-. The summed E-state index contributed by atoms with van der Waals surface area (Å²) in [5, 5.41) is 11.2. The fourth-order valence-corrected chi connectivity index (χ4v) is 2.68. The van der Waals surface area contributed by atoms with Crippen molar-refractivity contribution in [1.82, 2.24) is 5.43 Å². The van der Waals surface area contributed by atoms with Gasteiger partial charge >= 0.3 is 5.97 Å². The Labute approximate surface area is 160 Å². The molecular formula is C20H18N2O6. The van der Waals surface area contributed by atoms with Crippen molar-refractivity contribution < 1.29 is 29.0 Å². The minimum atomic E-state index is -0.610. The van der Waals surface area contributed by atoms with Crippen LogP contribution in [-0.4, -0.2) is 36.6 Å². The maximum absolute atomic E-state index is 12.7. The van der Waals surface area contributed by atoms with Gasteiger partial charge in [-0.1, -0.05) is 12.1 Å². The normalized spacial score (nSPS) is 14.9. The summed E-state index contributed by atoms with van der Waals surface area (Å²) in [5.41, 5.74) is 3.31. The zero-order valence-corrected chi connectivity index (χ0v) is 15.3. The number of hydrazine groups is 1. The number of phenols is 1. The first-order valence-electron chi connectivity index (χ1n) is 8.46. The van der Waals surface area contributed by atoms with Crippen molar-refractivity contribution in [2.45, 2.75) is 6.92 Å². The van der Waals surface area contributed by atoms with E-state index in [4.69, 9.17) is 9.47 Å². The van der Waals surface area contributed by atoms with E-state index in [0.717, 1.165) is 5.01 Å². The number of carbonyl (C=O) groups excluding carboxylic acids is 3. The Morgan fingerprint density at radius 1 is 1.18 bits per heavy atom. The van der Waals surface area contributed by atoms with Gasteiger partial charge < -0.3 is 14.6 Å². The van der Waals surface area contributed by atoms with Crippen molar-refractivity contribution >= 4 is 29.5 Å². The van der Waals surface area contributed by atoms with Crippen LogP contribution in [0.1, 0.15) is 22.8 Å². The van der Waals surface area contributed by atoms with Gasteiger partial charge in [0, 0.05) is 5.56 Å². The fourth-order valence-electron chi connectivity index (χ4n) is 2.68. The summed E-state index contributed by atoms with van der Waals surface area (Å²) in [7, 11) is 1.40. The lowest BCUT2D eigenvalue weighted by atomic mass is 10.1. The monoisotopic (exact) mass is 382 g/mol. The predicted octanol–water partition coefficient (Wildman–Crippen LogP) is 2.04. The Balaban J connectivity index is 1.87. The third kappa shape index (κ3) is 3.52. The molecule has 1 heterocycles. The number of aromatic hydroxyl groups is 1. The molecule has 0 aliphatic carbocycles. The molecule has 0 unspecified atom stereocenters. The number of hydrogen-bond acceptors (Lipinski definition) is 6. The number of nitrogens with zero attached hydrogens (tertiary/aromatic N) is 1. The van der Waals surface area contributed by atoms with Gasteiger partial charge in [0.15, 0.2) is 11.5 Å². The maximum atomic E-state index is 12.7. The summed E-state index contributed by atoms with van der Waals surface area (Å²) < 4.78 is 9.94. The number of rotatable bonds is 5. The molecule has 8 heteroatoms. The van der Waals surface area contributed by atoms with E-state index >= 15 is 0 Å². The number of phenolic OH excluding ortho intramolecular Hbond substituents is 1. The minimum absolute atomic E-state index is 0.141. The molecule has 2 N–H and O–H groups in total. The largest absolute Gasteiger partial charge is 0.504 e. The van der Waals surface area contributed by atoms with Crippen LogP contribution in [0.2, 0.25) is 0 Å². The number of esters is 1. The molecule has 2 aromatic carbocycles. The molecule has 1 aliphatic heterocycles. The van der Waals surface area contributed by atoms with Gasteiger partial charge in [0.2, 0.25) is 0 Å². The minimum Gasteiger partial charge on any atom is -0.504 e. The summed E-state index contributed by atoms with van der Waals surface area (Å²) in [6.07, 6.45) is 1.29. The van der Waals surface area contributed by atoms with E-state index in [1.165, 1.54) is 37.5 Å². The second-order valence-corrected chi connectivity index (χ2v) is 5.80. The molecule has 1 saturated heterocycles. The highest BCUT2D eigenvalue weighted by Gasteiger charge is 2.34. The van der Waals surface area contributed by atoms with Gasteiger partial charge in [-0.25, -0.2) is 9.80 Å². The summed E-state index contributed by atoms with van der Waals surface area (Å²) in [4.78, 5) is 36.7. The molecule has 1 aliphatic rings. The van der Waals surface area contributed by atoms with Crippen molar-refractivity contribution in [2.75, 3.05) is 18.7 Å². The van der Waals surface area contributed by atoms with Crippen molar-refractivity contribution in [1.29, 1.82) is 0 Å². The molecule has 0 aromatic heterocycles. The average Bonchev–Trinajstić information content (AvgIpc) is 2.98. The third-order valence-corrected chi connectivity index (χ3v) is 4.08. The van der Waals surface area contributed by atoms with Gasteiger partial charge in [-0.15, -0.1) is 0 Å². The summed E-state index contributed by atoms with van der Waals surface area (Å²) in [6.45, 7) is 1.96. The molecule has 0 radical (unpaired) electrons. The average molecular weight is 382 g/mol. The van der Waals surface area contributed by atoms with Crippen LogP contribution in [0.15, 0.2) is 48.0 Å². The highest BCUT2D eigenvalue weighted by atomic mass is 16.5. The number of carbonyl (C=O) groups is 3. The van der Waals surface area contributed by atoms with Crippen molar-refractivity contribution in [2.24, 2.45) is 0 Å². The van der Waals surface area contributed by atoms with Gasteiger partial charge in [0.1, 0.15) is 5.57 Å². The van der Waals surface area contributed by atoms with Crippen LogP contribution in [0.3, 0.4) is 0 Å². The second-order valence-electron chi connectivity index (χ2n) is 5.80. The van der Waals surface area contributed by atoms with E-state index in [-0.39, 0.29) is 29.2 Å². The molecule has 28 heavy (non-hydrogen) atoms. The van der Waals surface area contributed by atoms with E-state index in [9.17, 15) is 19.5 Å². The first kappa shape index (κ1) is 19.0. The lowest BCUT2D eigenvalue weighted by molar-refractivity contribution is -0.117. The van der Waals surface area contributed by atoms with E-state index < -0.39 is 17.8 Å². The Morgan fingerprint density at radius 3 is 2.54 bits per heavy atom. The van der Waals surface area contributed by atoms with Crippen LogP contribution >= 0.6 is 0 Å². The fraction of sp³-hybridized carbons (Fsp3) is 0.150. The van der Waals surface area contributed by atoms with E-state index in [0.29, 0.717) is 11.3 Å². The smallest absolute Gasteiger partial charge is 0.338 e. The van der Waals surface area contributed by atoms with Gasteiger partial charge in [-0.2, -0.15) is 0 Å². The number of anilines is 1. The molecule has 0 spiro atoms. The number of nitrogens with one attached hydrogen (secondary N) is 1. The van der Waals surface area contributed by atoms with E-state index in [2.05, 4.69) is 5.43 Å². The Kier molecular flexibility index (Phi) is 5.30. The quantitative estimate of drug-likeness (QED) is 0.466.